The van der Waals surface area contributed by atoms with Gasteiger partial charge in [0.05, 0.1) is 11.0 Å². The molecule has 0 unspecified atom stereocenters. The lowest BCUT2D eigenvalue weighted by atomic mass is 9.70. The monoisotopic (exact) mass is 625 g/mol. The van der Waals surface area contributed by atoms with Gasteiger partial charge in [-0.3, -0.25) is 0 Å². The van der Waals surface area contributed by atoms with E-state index in [9.17, 15) is 5.11 Å². The number of hydrogen-bond acceptors (Lipinski definition) is 4. The summed E-state index contributed by atoms with van der Waals surface area (Å²) in [6.45, 7) is 22.0. The van der Waals surface area contributed by atoms with Gasteiger partial charge in [0.2, 0.25) is 0 Å². The van der Waals surface area contributed by atoms with Gasteiger partial charge in [-0.1, -0.05) is 112 Å². The minimum Gasteiger partial charge on any atom is -0.505 e. The predicted molar refractivity (Wildman–Crippen MR) is 190 cm³/mol. The van der Waals surface area contributed by atoms with Crippen molar-refractivity contribution in [2.24, 2.45) is 5.41 Å². The molecule has 45 heavy (non-hydrogen) atoms. The fraction of sp³-hybridized carbons (Fsp3) is 0.500. The number of aromatic hydroxyl groups is 1. The van der Waals surface area contributed by atoms with Crippen LogP contribution in [0.1, 0.15) is 111 Å². The summed E-state index contributed by atoms with van der Waals surface area (Å²) in [4.78, 5) is 1.64. The molecule has 0 aliphatic carbocycles. The highest BCUT2D eigenvalue weighted by molar-refractivity contribution is 7.71. The number of benzene rings is 3. The molecule has 0 bridgehead atoms. The Morgan fingerprint density at radius 1 is 0.733 bits per heavy atom. The Labute approximate surface area is 274 Å². The molecule has 0 spiro atoms. The van der Waals surface area contributed by atoms with E-state index in [2.05, 4.69) is 120 Å². The number of rotatable bonds is 11. The van der Waals surface area contributed by atoms with Gasteiger partial charge in [-0.05, 0) is 71.6 Å². The van der Waals surface area contributed by atoms with Crippen molar-refractivity contribution in [3.63, 3.8) is 0 Å². The van der Waals surface area contributed by atoms with Gasteiger partial charge in [0.15, 0.2) is 4.77 Å². The second kappa shape index (κ2) is 12.4. The van der Waals surface area contributed by atoms with Gasteiger partial charge < -0.3 is 14.2 Å². The normalized spacial score (nSPS) is 12.9. The van der Waals surface area contributed by atoms with Gasteiger partial charge in [-0.2, -0.15) is 0 Å². The zero-order chi connectivity index (χ0) is 32.7. The van der Waals surface area contributed by atoms with Gasteiger partial charge >= 0.3 is 0 Å². The molecule has 3 aromatic carbocycles. The molecule has 0 aliphatic heterocycles. The number of hydrogen-bond donors (Lipinski definition) is 1. The van der Waals surface area contributed by atoms with Crippen LogP contribution in [-0.4, -0.2) is 29.2 Å². The summed E-state index contributed by atoms with van der Waals surface area (Å²) in [5.74, 6) is 0.210. The van der Waals surface area contributed by atoms with Crippen molar-refractivity contribution in [1.82, 2.24) is 24.1 Å². The van der Waals surface area contributed by atoms with Crippen LogP contribution in [0.25, 0.3) is 27.8 Å². The number of aryl methyl sites for hydroxylation is 2. The smallest absolute Gasteiger partial charge is 0.180 e. The highest BCUT2D eigenvalue weighted by Gasteiger charge is 2.34. The molecule has 1 N–H and O–H groups in total. The van der Waals surface area contributed by atoms with E-state index in [1.54, 1.807) is 4.80 Å². The van der Waals surface area contributed by atoms with Gasteiger partial charge in [0.1, 0.15) is 22.5 Å². The van der Waals surface area contributed by atoms with Crippen molar-refractivity contribution in [3.05, 3.63) is 76.1 Å². The van der Waals surface area contributed by atoms with E-state index in [0.29, 0.717) is 5.69 Å². The summed E-state index contributed by atoms with van der Waals surface area (Å²) in [7, 11) is 0. The topological polar surface area (TPSA) is 60.8 Å². The maximum absolute atomic E-state index is 12.0. The highest BCUT2D eigenvalue weighted by Crippen LogP contribution is 2.45. The lowest BCUT2D eigenvalue weighted by Crippen LogP contribution is -2.27. The maximum atomic E-state index is 12.0. The first kappa shape index (κ1) is 32.9. The SMILES string of the molecule is CCCCn1c(=S)n(CCCC)c2cc3nn(-c4cc(C(C)(C)CC(C)(C)C)cc(C(C)(C)c5ccccc5)c4O)nc3cc21. The highest BCUT2D eigenvalue weighted by atomic mass is 32.1. The molecule has 0 amide bonds. The van der Waals surface area contributed by atoms with Gasteiger partial charge in [-0.15, -0.1) is 15.0 Å². The van der Waals surface area contributed by atoms with E-state index in [0.717, 1.165) is 88.7 Å². The fourth-order valence-corrected chi connectivity index (χ4v) is 7.35. The summed E-state index contributed by atoms with van der Waals surface area (Å²) in [6, 6.07) is 19.0. The van der Waals surface area contributed by atoms with E-state index < -0.39 is 5.41 Å². The molecule has 5 aromatic rings. The van der Waals surface area contributed by atoms with Crippen molar-refractivity contribution in [2.45, 2.75) is 118 Å². The Morgan fingerprint density at radius 3 is 1.76 bits per heavy atom. The number of aromatic nitrogens is 5. The van der Waals surface area contributed by atoms with E-state index in [-0.39, 0.29) is 16.6 Å². The standard InChI is InChI=1S/C38H51N5OS/c1-10-12-19-41-31-23-29-30(24-32(31)42(35(41)45)20-13-11-2)40-43(39-29)33-22-27(37(6,7)25-36(3,4)5)21-28(34(33)44)38(8,9)26-17-15-14-16-18-26/h14-18,21-24,44H,10-13,19-20,25H2,1-9H3. The first-order valence-electron chi connectivity index (χ1n) is 16.6. The van der Waals surface area contributed by atoms with Crippen LogP contribution >= 0.6 is 12.2 Å². The number of unbranched alkanes of at least 4 members (excludes halogenated alkanes) is 2. The zero-order valence-corrected chi connectivity index (χ0v) is 29.6. The Hall–Kier alpha value is -3.45. The number of phenols is 1. The quantitative estimate of drug-likeness (QED) is 0.148. The summed E-state index contributed by atoms with van der Waals surface area (Å²) in [5, 5.41) is 22.0. The Kier molecular flexibility index (Phi) is 9.07. The molecule has 2 aromatic heterocycles. The van der Waals surface area contributed by atoms with Gasteiger partial charge in [0.25, 0.3) is 0 Å². The molecule has 0 aliphatic rings. The molecule has 240 valence electrons. The summed E-state index contributed by atoms with van der Waals surface area (Å²) in [6.07, 6.45) is 5.32. The fourth-order valence-electron chi connectivity index (χ4n) is 6.97. The third kappa shape index (κ3) is 6.46. The van der Waals surface area contributed by atoms with E-state index in [1.165, 1.54) is 0 Å². The Morgan fingerprint density at radius 2 is 1.27 bits per heavy atom. The van der Waals surface area contributed by atoms with Crippen molar-refractivity contribution in [2.75, 3.05) is 0 Å². The van der Waals surface area contributed by atoms with E-state index >= 15 is 0 Å². The van der Waals surface area contributed by atoms with Crippen LogP contribution in [0, 0.1) is 10.2 Å². The molecule has 0 fully saturated rings. The number of fused-ring (bicyclic) bond motifs is 2. The summed E-state index contributed by atoms with van der Waals surface area (Å²) < 4.78 is 5.39. The first-order valence-corrected chi connectivity index (χ1v) is 17.0. The molecule has 0 saturated heterocycles. The summed E-state index contributed by atoms with van der Waals surface area (Å²) >= 11 is 5.97. The number of phenolic OH excluding ortho intramolecular Hbond substituents is 1. The van der Waals surface area contributed by atoms with Crippen LogP contribution in [0.4, 0.5) is 0 Å². The van der Waals surface area contributed by atoms with Crippen LogP contribution in [-0.2, 0) is 23.9 Å². The maximum Gasteiger partial charge on any atom is 0.180 e. The van der Waals surface area contributed by atoms with Gasteiger partial charge in [-0.25, -0.2) is 0 Å². The van der Waals surface area contributed by atoms with Gasteiger partial charge in [0, 0.05) is 24.1 Å². The van der Waals surface area contributed by atoms with Crippen LogP contribution in [0.2, 0.25) is 0 Å². The molecular formula is C38H51N5OS. The second-order valence-electron chi connectivity index (χ2n) is 15.1. The van der Waals surface area contributed by atoms with Crippen LogP contribution in [0.5, 0.6) is 5.75 Å². The van der Waals surface area contributed by atoms with Crippen LogP contribution < -0.4 is 0 Å². The molecule has 2 heterocycles. The molecular weight excluding hydrogens is 575 g/mol. The third-order valence-electron chi connectivity index (χ3n) is 9.22. The minimum atomic E-state index is -0.448. The average Bonchev–Trinajstić information content (AvgIpc) is 3.49. The first-order chi connectivity index (χ1) is 21.2. The summed E-state index contributed by atoms with van der Waals surface area (Å²) in [5.41, 5.74) is 7.08. The molecule has 0 radical (unpaired) electrons. The second-order valence-corrected chi connectivity index (χ2v) is 15.5. The molecule has 6 nitrogen and oxygen atoms in total. The minimum absolute atomic E-state index is 0.129. The predicted octanol–water partition coefficient (Wildman–Crippen LogP) is 10.3. The van der Waals surface area contributed by atoms with E-state index in [4.69, 9.17) is 22.4 Å². The Balaban J connectivity index is 1.74. The van der Waals surface area contributed by atoms with Crippen molar-refractivity contribution in [1.29, 1.82) is 0 Å². The number of imidazole rings is 1. The lowest BCUT2D eigenvalue weighted by Gasteiger charge is -2.35. The zero-order valence-electron chi connectivity index (χ0n) is 28.7. The Bertz CT molecular complexity index is 1800. The molecule has 0 saturated carbocycles. The largest absolute Gasteiger partial charge is 0.505 e. The van der Waals surface area contributed by atoms with E-state index in [1.807, 2.05) is 6.07 Å². The molecule has 7 heteroatoms. The van der Waals surface area contributed by atoms with Crippen molar-refractivity contribution < 1.29 is 5.11 Å². The van der Waals surface area contributed by atoms with Crippen molar-refractivity contribution in [3.8, 4) is 11.4 Å². The van der Waals surface area contributed by atoms with Crippen LogP contribution in [0.3, 0.4) is 0 Å². The van der Waals surface area contributed by atoms with Crippen molar-refractivity contribution >= 4 is 34.3 Å². The third-order valence-corrected chi connectivity index (χ3v) is 9.66. The molecule has 5 rings (SSSR count). The number of nitrogens with zero attached hydrogens (tertiary/aromatic N) is 5. The molecule has 0 atom stereocenters. The average molecular weight is 626 g/mol. The van der Waals surface area contributed by atoms with Crippen LogP contribution in [0.15, 0.2) is 54.6 Å². The lowest BCUT2D eigenvalue weighted by molar-refractivity contribution is 0.283.